The summed E-state index contributed by atoms with van der Waals surface area (Å²) < 4.78 is 0. The Morgan fingerprint density at radius 3 is 1.94 bits per heavy atom. The van der Waals surface area contributed by atoms with Gasteiger partial charge in [0.15, 0.2) is 5.11 Å². The van der Waals surface area contributed by atoms with Crippen LogP contribution >= 0.6 is 12.2 Å². The summed E-state index contributed by atoms with van der Waals surface area (Å²) in [4.78, 5) is 0. The van der Waals surface area contributed by atoms with Crippen molar-refractivity contribution in [1.29, 1.82) is 0 Å². The SMILES string of the molecule is CCCCCCCCCCNC(=S)NCC. The van der Waals surface area contributed by atoms with Crippen LogP contribution in [0.15, 0.2) is 0 Å². The first kappa shape index (κ1) is 15.7. The van der Waals surface area contributed by atoms with E-state index in [1.807, 2.05) is 0 Å². The summed E-state index contributed by atoms with van der Waals surface area (Å²) >= 11 is 5.08. The molecule has 0 aromatic carbocycles. The number of nitrogens with one attached hydrogen (secondary N) is 2. The van der Waals surface area contributed by atoms with Crippen LogP contribution in [-0.2, 0) is 0 Å². The molecule has 96 valence electrons. The molecule has 0 aliphatic heterocycles. The highest BCUT2D eigenvalue weighted by Crippen LogP contribution is 2.07. The zero-order valence-corrected chi connectivity index (χ0v) is 11.8. The van der Waals surface area contributed by atoms with E-state index in [0.717, 1.165) is 18.2 Å². The lowest BCUT2D eigenvalue weighted by Gasteiger charge is -2.08. The van der Waals surface area contributed by atoms with E-state index in [1.165, 1.54) is 51.4 Å². The van der Waals surface area contributed by atoms with Crippen molar-refractivity contribution in [2.24, 2.45) is 0 Å². The van der Waals surface area contributed by atoms with Gasteiger partial charge in [-0.1, -0.05) is 51.9 Å². The Kier molecular flexibility index (Phi) is 12.5. The lowest BCUT2D eigenvalue weighted by Crippen LogP contribution is -2.35. The van der Waals surface area contributed by atoms with E-state index in [0.29, 0.717) is 0 Å². The predicted molar refractivity (Wildman–Crippen MR) is 76.9 cm³/mol. The summed E-state index contributed by atoms with van der Waals surface area (Å²) in [7, 11) is 0. The molecule has 2 N–H and O–H groups in total. The molecule has 2 nitrogen and oxygen atoms in total. The lowest BCUT2D eigenvalue weighted by molar-refractivity contribution is 0.572. The largest absolute Gasteiger partial charge is 0.363 e. The molecule has 3 heteroatoms. The van der Waals surface area contributed by atoms with E-state index in [1.54, 1.807) is 0 Å². The molecule has 0 heterocycles. The van der Waals surface area contributed by atoms with Gasteiger partial charge >= 0.3 is 0 Å². The van der Waals surface area contributed by atoms with Gasteiger partial charge in [0.1, 0.15) is 0 Å². The number of hydrogen-bond acceptors (Lipinski definition) is 1. The molecule has 0 spiro atoms. The molecule has 0 saturated heterocycles. The van der Waals surface area contributed by atoms with Crippen molar-refractivity contribution in [2.45, 2.75) is 65.2 Å². The lowest BCUT2D eigenvalue weighted by atomic mass is 10.1. The third-order valence-corrected chi connectivity index (χ3v) is 2.94. The van der Waals surface area contributed by atoms with Crippen molar-refractivity contribution in [3.63, 3.8) is 0 Å². The van der Waals surface area contributed by atoms with Gasteiger partial charge in [-0.15, -0.1) is 0 Å². The van der Waals surface area contributed by atoms with Gasteiger partial charge in [-0.05, 0) is 25.6 Å². The Balaban J connectivity index is 3.01. The standard InChI is InChI=1S/C13H28N2S/c1-3-5-6-7-8-9-10-11-12-15-13(16)14-4-2/h3-12H2,1-2H3,(H2,14,15,16). The summed E-state index contributed by atoms with van der Waals surface area (Å²) in [5, 5.41) is 7.10. The molecular weight excluding hydrogens is 216 g/mol. The van der Waals surface area contributed by atoms with E-state index < -0.39 is 0 Å². The molecule has 16 heavy (non-hydrogen) atoms. The van der Waals surface area contributed by atoms with Gasteiger partial charge in [0.2, 0.25) is 0 Å². The van der Waals surface area contributed by atoms with E-state index in [9.17, 15) is 0 Å². The van der Waals surface area contributed by atoms with Gasteiger partial charge in [-0.2, -0.15) is 0 Å². The average Bonchev–Trinajstić information content (AvgIpc) is 2.27. The molecule has 0 radical (unpaired) electrons. The Morgan fingerprint density at radius 2 is 1.38 bits per heavy atom. The summed E-state index contributed by atoms with van der Waals surface area (Å²) in [5.74, 6) is 0. The molecular formula is C13H28N2S. The molecule has 0 amide bonds. The van der Waals surface area contributed by atoms with Crippen LogP contribution in [0.25, 0.3) is 0 Å². The van der Waals surface area contributed by atoms with Crippen LogP contribution < -0.4 is 10.6 Å². The Labute approximate surface area is 107 Å². The van der Waals surface area contributed by atoms with Gasteiger partial charge in [0.05, 0.1) is 0 Å². The van der Waals surface area contributed by atoms with Gasteiger partial charge in [-0.3, -0.25) is 0 Å². The van der Waals surface area contributed by atoms with Gasteiger partial charge < -0.3 is 10.6 Å². The van der Waals surface area contributed by atoms with Crippen LogP contribution in [0.3, 0.4) is 0 Å². The van der Waals surface area contributed by atoms with E-state index in [4.69, 9.17) is 12.2 Å². The fourth-order valence-corrected chi connectivity index (χ4v) is 1.93. The normalized spacial score (nSPS) is 10.1. The molecule has 0 aliphatic carbocycles. The molecule has 0 atom stereocenters. The minimum atomic E-state index is 0.797. The van der Waals surface area contributed by atoms with Crippen molar-refractivity contribution < 1.29 is 0 Å². The van der Waals surface area contributed by atoms with Crippen molar-refractivity contribution in [1.82, 2.24) is 10.6 Å². The Bertz CT molecular complexity index is 160. The van der Waals surface area contributed by atoms with Crippen LogP contribution in [0.1, 0.15) is 65.2 Å². The van der Waals surface area contributed by atoms with Gasteiger partial charge in [0.25, 0.3) is 0 Å². The first-order valence-electron chi connectivity index (χ1n) is 6.83. The van der Waals surface area contributed by atoms with Crippen LogP contribution in [0.5, 0.6) is 0 Å². The smallest absolute Gasteiger partial charge is 0.166 e. The van der Waals surface area contributed by atoms with E-state index in [2.05, 4.69) is 24.5 Å². The maximum absolute atomic E-state index is 5.08. The van der Waals surface area contributed by atoms with E-state index >= 15 is 0 Å². The number of rotatable bonds is 10. The van der Waals surface area contributed by atoms with Crippen LogP contribution in [0.2, 0.25) is 0 Å². The van der Waals surface area contributed by atoms with Crippen molar-refractivity contribution in [3.8, 4) is 0 Å². The number of hydrogen-bond donors (Lipinski definition) is 2. The highest BCUT2D eigenvalue weighted by Gasteiger charge is 1.93. The van der Waals surface area contributed by atoms with E-state index in [-0.39, 0.29) is 0 Å². The second-order valence-corrected chi connectivity index (χ2v) is 4.67. The Hall–Kier alpha value is -0.310. The van der Waals surface area contributed by atoms with Crippen molar-refractivity contribution in [2.75, 3.05) is 13.1 Å². The molecule has 0 fully saturated rings. The highest BCUT2D eigenvalue weighted by molar-refractivity contribution is 7.80. The molecule has 0 aromatic heterocycles. The molecule has 0 saturated carbocycles. The molecule has 0 rings (SSSR count). The van der Waals surface area contributed by atoms with Crippen LogP contribution in [-0.4, -0.2) is 18.2 Å². The monoisotopic (exact) mass is 244 g/mol. The third-order valence-electron chi connectivity index (χ3n) is 2.65. The molecule has 0 unspecified atom stereocenters. The summed E-state index contributed by atoms with van der Waals surface area (Å²) in [5.41, 5.74) is 0. The maximum atomic E-state index is 5.08. The highest BCUT2D eigenvalue weighted by atomic mass is 32.1. The summed E-state index contributed by atoms with van der Waals surface area (Å²) in [6.45, 7) is 6.24. The third kappa shape index (κ3) is 11.8. The molecule has 0 bridgehead atoms. The topological polar surface area (TPSA) is 24.1 Å². The fourth-order valence-electron chi connectivity index (χ4n) is 1.68. The minimum absolute atomic E-state index is 0.797. The van der Waals surface area contributed by atoms with Crippen molar-refractivity contribution in [3.05, 3.63) is 0 Å². The maximum Gasteiger partial charge on any atom is 0.166 e. The first-order chi connectivity index (χ1) is 7.81. The van der Waals surface area contributed by atoms with Crippen LogP contribution in [0.4, 0.5) is 0 Å². The summed E-state index contributed by atoms with van der Waals surface area (Å²) in [6.07, 6.45) is 10.9. The average molecular weight is 244 g/mol. The quantitative estimate of drug-likeness (QED) is 0.453. The Morgan fingerprint density at radius 1 is 0.812 bits per heavy atom. The first-order valence-corrected chi connectivity index (χ1v) is 7.23. The van der Waals surface area contributed by atoms with Gasteiger partial charge in [-0.25, -0.2) is 0 Å². The number of unbranched alkanes of at least 4 members (excludes halogenated alkanes) is 7. The zero-order chi connectivity index (χ0) is 12.1. The second kappa shape index (κ2) is 12.8. The van der Waals surface area contributed by atoms with Crippen molar-refractivity contribution >= 4 is 17.3 Å². The number of thiocarbonyl (C=S) groups is 1. The van der Waals surface area contributed by atoms with Crippen LogP contribution in [0, 0.1) is 0 Å². The predicted octanol–water partition coefficient (Wildman–Crippen LogP) is 3.61. The summed E-state index contributed by atoms with van der Waals surface area (Å²) in [6, 6.07) is 0. The molecule has 0 aromatic rings. The van der Waals surface area contributed by atoms with Gasteiger partial charge in [0, 0.05) is 13.1 Å². The zero-order valence-electron chi connectivity index (χ0n) is 11.0. The fraction of sp³-hybridized carbons (Fsp3) is 0.923. The second-order valence-electron chi connectivity index (χ2n) is 4.26. The molecule has 0 aliphatic rings. The minimum Gasteiger partial charge on any atom is -0.363 e.